The van der Waals surface area contributed by atoms with Crippen LogP contribution in [0.3, 0.4) is 0 Å². The van der Waals surface area contributed by atoms with E-state index in [0.29, 0.717) is 6.54 Å². The lowest BCUT2D eigenvalue weighted by Gasteiger charge is -2.19. The maximum atomic E-state index is 11.9. The molecule has 0 spiro atoms. The normalized spacial score (nSPS) is 14.3. The molecule has 0 radical (unpaired) electrons. The van der Waals surface area contributed by atoms with Gasteiger partial charge in [0.25, 0.3) is 0 Å². The molecule has 5 nitrogen and oxygen atoms in total. The number of carbonyl (C=O) groups excluding carboxylic acids is 1. The summed E-state index contributed by atoms with van der Waals surface area (Å²) < 4.78 is 1.95. The molecule has 3 N–H and O–H groups in total. The fraction of sp³-hybridized carbons (Fsp3) is 0.667. The summed E-state index contributed by atoms with van der Waals surface area (Å²) in [7, 11) is 0. The van der Waals surface area contributed by atoms with Crippen LogP contribution in [0.2, 0.25) is 0 Å². The predicted octanol–water partition coefficient (Wildman–Crippen LogP) is 0.763. The molecule has 0 aromatic carbocycles. The van der Waals surface area contributed by atoms with E-state index in [1.165, 1.54) is 0 Å². The smallest absolute Gasteiger partial charge is 0.224 e. The molecule has 96 valence electrons. The first kappa shape index (κ1) is 13.7. The van der Waals surface area contributed by atoms with Crippen LogP contribution in [-0.4, -0.2) is 28.0 Å². The maximum Gasteiger partial charge on any atom is 0.224 e. The van der Waals surface area contributed by atoms with Gasteiger partial charge in [0.1, 0.15) is 0 Å². The quantitative estimate of drug-likeness (QED) is 0.736. The highest BCUT2D eigenvalue weighted by Gasteiger charge is 2.17. The average Bonchev–Trinajstić information content (AvgIpc) is 2.78. The van der Waals surface area contributed by atoms with Gasteiger partial charge in [0.05, 0.1) is 12.2 Å². The van der Waals surface area contributed by atoms with E-state index in [4.69, 9.17) is 5.73 Å². The van der Waals surface area contributed by atoms with Gasteiger partial charge in [-0.1, -0.05) is 13.3 Å². The number of hydrogen-bond acceptors (Lipinski definition) is 3. The first-order valence-electron chi connectivity index (χ1n) is 6.13. The molecule has 2 unspecified atom stereocenters. The highest BCUT2D eigenvalue weighted by molar-refractivity contribution is 5.79. The zero-order valence-electron chi connectivity index (χ0n) is 10.6. The van der Waals surface area contributed by atoms with E-state index in [1.807, 2.05) is 17.7 Å². The summed E-state index contributed by atoms with van der Waals surface area (Å²) in [5.74, 6) is -0.00722. The lowest BCUT2D eigenvalue weighted by Crippen LogP contribution is -2.41. The van der Waals surface area contributed by atoms with Crippen LogP contribution in [0.1, 0.15) is 26.7 Å². The van der Waals surface area contributed by atoms with Crippen molar-refractivity contribution in [2.45, 2.75) is 39.3 Å². The Balaban J connectivity index is 2.39. The topological polar surface area (TPSA) is 72.9 Å². The molecule has 0 bridgehead atoms. The molecule has 0 fully saturated rings. The van der Waals surface area contributed by atoms with Gasteiger partial charge in [-0.2, -0.15) is 0 Å². The second-order valence-electron chi connectivity index (χ2n) is 4.39. The Kier molecular flexibility index (Phi) is 5.69. The van der Waals surface area contributed by atoms with Crippen molar-refractivity contribution in [2.24, 2.45) is 11.7 Å². The van der Waals surface area contributed by atoms with Crippen molar-refractivity contribution in [3.8, 4) is 0 Å². The highest BCUT2D eigenvalue weighted by Crippen LogP contribution is 2.05. The summed E-state index contributed by atoms with van der Waals surface area (Å²) in [4.78, 5) is 15.9. The number of nitrogens with two attached hydrogens (primary N) is 1. The van der Waals surface area contributed by atoms with Crippen LogP contribution in [0.25, 0.3) is 0 Å². The van der Waals surface area contributed by atoms with Crippen LogP contribution in [0.5, 0.6) is 0 Å². The van der Waals surface area contributed by atoms with Crippen LogP contribution in [0, 0.1) is 5.92 Å². The fourth-order valence-electron chi connectivity index (χ4n) is 1.82. The molecular weight excluding hydrogens is 216 g/mol. The largest absolute Gasteiger partial charge is 0.352 e. The van der Waals surface area contributed by atoms with E-state index in [2.05, 4.69) is 17.2 Å². The lowest BCUT2D eigenvalue weighted by molar-refractivity contribution is -0.125. The number of imidazole rings is 1. The predicted molar refractivity (Wildman–Crippen MR) is 67.3 cm³/mol. The monoisotopic (exact) mass is 238 g/mol. The van der Waals surface area contributed by atoms with Crippen LogP contribution in [0.4, 0.5) is 0 Å². The molecule has 1 amide bonds. The number of aromatic nitrogens is 2. The Labute approximate surface area is 102 Å². The standard InChI is InChI=1S/C12H22N4O/c1-3-4-11(7-13)12(17)15-10(2)8-16-6-5-14-9-16/h5-6,9-11H,3-4,7-8,13H2,1-2H3,(H,15,17). The average molecular weight is 238 g/mol. The van der Waals surface area contributed by atoms with Crippen molar-refractivity contribution >= 4 is 5.91 Å². The molecular formula is C12H22N4O. The van der Waals surface area contributed by atoms with Gasteiger partial charge in [0, 0.05) is 31.5 Å². The minimum atomic E-state index is -0.0646. The molecule has 0 aliphatic rings. The van der Waals surface area contributed by atoms with Crippen molar-refractivity contribution in [1.82, 2.24) is 14.9 Å². The van der Waals surface area contributed by atoms with E-state index < -0.39 is 0 Å². The number of amides is 1. The number of nitrogens with zero attached hydrogens (tertiary/aromatic N) is 2. The number of hydrogen-bond donors (Lipinski definition) is 2. The molecule has 1 rings (SSSR count). The molecule has 0 aliphatic heterocycles. The van der Waals surface area contributed by atoms with Crippen LogP contribution >= 0.6 is 0 Å². The maximum absolute atomic E-state index is 11.9. The van der Waals surface area contributed by atoms with Crippen molar-refractivity contribution < 1.29 is 4.79 Å². The van der Waals surface area contributed by atoms with E-state index in [0.717, 1.165) is 19.4 Å². The fourth-order valence-corrected chi connectivity index (χ4v) is 1.82. The van der Waals surface area contributed by atoms with E-state index in [9.17, 15) is 4.79 Å². The Bertz CT molecular complexity index is 323. The zero-order valence-corrected chi connectivity index (χ0v) is 10.6. The summed E-state index contributed by atoms with van der Waals surface area (Å²) in [5.41, 5.74) is 5.60. The number of rotatable bonds is 7. The molecule has 17 heavy (non-hydrogen) atoms. The van der Waals surface area contributed by atoms with Gasteiger partial charge in [0.15, 0.2) is 0 Å². The van der Waals surface area contributed by atoms with Gasteiger partial charge in [-0.25, -0.2) is 4.98 Å². The molecule has 0 saturated carbocycles. The van der Waals surface area contributed by atoms with E-state index in [1.54, 1.807) is 12.5 Å². The molecule has 5 heteroatoms. The second kappa shape index (κ2) is 7.06. The first-order chi connectivity index (χ1) is 8.17. The first-order valence-corrected chi connectivity index (χ1v) is 6.13. The van der Waals surface area contributed by atoms with Crippen molar-refractivity contribution in [1.29, 1.82) is 0 Å². The van der Waals surface area contributed by atoms with E-state index >= 15 is 0 Å². The van der Waals surface area contributed by atoms with Crippen molar-refractivity contribution in [3.63, 3.8) is 0 Å². The van der Waals surface area contributed by atoms with Gasteiger partial charge in [0.2, 0.25) is 5.91 Å². The molecule has 1 heterocycles. The minimum Gasteiger partial charge on any atom is -0.352 e. The van der Waals surface area contributed by atoms with Crippen LogP contribution in [0.15, 0.2) is 18.7 Å². The molecule has 1 aromatic rings. The third-order valence-electron chi connectivity index (χ3n) is 2.72. The third kappa shape index (κ3) is 4.56. The summed E-state index contributed by atoms with van der Waals surface area (Å²) in [6.45, 7) is 5.19. The Morgan fingerprint density at radius 3 is 2.88 bits per heavy atom. The number of carbonyl (C=O) groups is 1. The summed E-state index contributed by atoms with van der Waals surface area (Å²) in [6, 6.07) is 0.0857. The molecule has 0 aliphatic carbocycles. The molecule has 1 aromatic heterocycles. The Morgan fingerprint density at radius 1 is 1.59 bits per heavy atom. The molecule has 2 atom stereocenters. The molecule has 0 saturated heterocycles. The van der Waals surface area contributed by atoms with Gasteiger partial charge in [-0.3, -0.25) is 4.79 Å². The highest BCUT2D eigenvalue weighted by atomic mass is 16.1. The summed E-state index contributed by atoms with van der Waals surface area (Å²) >= 11 is 0. The third-order valence-corrected chi connectivity index (χ3v) is 2.72. The SMILES string of the molecule is CCCC(CN)C(=O)NC(C)Cn1ccnc1. The van der Waals surface area contributed by atoms with Crippen LogP contribution < -0.4 is 11.1 Å². The Hall–Kier alpha value is -1.36. The van der Waals surface area contributed by atoms with Gasteiger partial charge < -0.3 is 15.6 Å². The van der Waals surface area contributed by atoms with Gasteiger partial charge in [-0.15, -0.1) is 0 Å². The summed E-state index contributed by atoms with van der Waals surface area (Å²) in [6.07, 6.45) is 7.18. The van der Waals surface area contributed by atoms with Crippen LogP contribution in [-0.2, 0) is 11.3 Å². The van der Waals surface area contributed by atoms with Gasteiger partial charge >= 0.3 is 0 Å². The number of nitrogens with one attached hydrogen (secondary N) is 1. The Morgan fingerprint density at radius 2 is 2.35 bits per heavy atom. The van der Waals surface area contributed by atoms with Gasteiger partial charge in [-0.05, 0) is 13.3 Å². The van der Waals surface area contributed by atoms with Crippen molar-refractivity contribution in [2.75, 3.05) is 6.54 Å². The van der Waals surface area contributed by atoms with E-state index in [-0.39, 0.29) is 17.9 Å². The second-order valence-corrected chi connectivity index (χ2v) is 4.39. The lowest BCUT2D eigenvalue weighted by atomic mass is 10.0. The minimum absolute atomic E-state index is 0.0574. The zero-order chi connectivity index (χ0) is 12.7. The summed E-state index contributed by atoms with van der Waals surface area (Å²) in [5, 5.41) is 2.99. The van der Waals surface area contributed by atoms with Crippen molar-refractivity contribution in [3.05, 3.63) is 18.7 Å².